The summed E-state index contributed by atoms with van der Waals surface area (Å²) < 4.78 is 1.33. The SMILES string of the molecule is CNC(=O)c1ccn(CC(=O)NN)n1. The number of hydrogen-bond donors (Lipinski definition) is 3. The number of amides is 2. The molecule has 1 aromatic heterocycles. The number of carbonyl (C=O) groups is 2. The smallest absolute Gasteiger partial charge is 0.271 e. The first-order valence-corrected chi connectivity index (χ1v) is 3.92. The normalized spacial score (nSPS) is 9.57. The predicted molar refractivity (Wildman–Crippen MR) is 47.9 cm³/mol. The molecule has 1 aromatic rings. The van der Waals surface area contributed by atoms with Gasteiger partial charge in [-0.05, 0) is 6.07 Å². The number of nitrogens with two attached hydrogens (primary N) is 1. The Bertz CT molecular complexity index is 346. The summed E-state index contributed by atoms with van der Waals surface area (Å²) in [5.74, 6) is 4.22. The van der Waals surface area contributed by atoms with E-state index in [-0.39, 0.29) is 24.1 Å². The van der Waals surface area contributed by atoms with Gasteiger partial charge < -0.3 is 5.32 Å². The van der Waals surface area contributed by atoms with Crippen molar-refractivity contribution in [3.05, 3.63) is 18.0 Å². The van der Waals surface area contributed by atoms with E-state index >= 15 is 0 Å². The fourth-order valence-electron chi connectivity index (χ4n) is 0.892. The first-order valence-electron chi connectivity index (χ1n) is 3.92. The molecule has 0 aliphatic rings. The topological polar surface area (TPSA) is 102 Å². The summed E-state index contributed by atoms with van der Waals surface area (Å²) in [5.41, 5.74) is 2.23. The van der Waals surface area contributed by atoms with E-state index in [1.54, 1.807) is 0 Å². The minimum atomic E-state index is -0.378. The first-order chi connectivity index (χ1) is 6.67. The minimum absolute atomic E-state index is 0.00645. The highest BCUT2D eigenvalue weighted by atomic mass is 16.2. The van der Waals surface area contributed by atoms with Gasteiger partial charge in [0.25, 0.3) is 11.8 Å². The maximum Gasteiger partial charge on any atom is 0.271 e. The summed E-state index contributed by atoms with van der Waals surface area (Å²) in [6, 6.07) is 1.52. The second-order valence-electron chi connectivity index (χ2n) is 2.55. The van der Waals surface area contributed by atoms with Crippen molar-refractivity contribution in [2.45, 2.75) is 6.54 Å². The standard InChI is InChI=1S/C7H11N5O2/c1-9-7(14)5-2-3-12(11-5)4-6(13)10-8/h2-3H,4,8H2,1H3,(H,9,14)(H,10,13). The molecule has 2 amide bonds. The number of carbonyl (C=O) groups excluding carboxylic acids is 2. The lowest BCUT2D eigenvalue weighted by atomic mass is 10.4. The molecule has 0 fully saturated rings. The first kappa shape index (κ1) is 10.2. The average molecular weight is 197 g/mol. The lowest BCUT2D eigenvalue weighted by Gasteiger charge is -1.98. The highest BCUT2D eigenvalue weighted by molar-refractivity contribution is 5.91. The zero-order valence-corrected chi connectivity index (χ0v) is 7.65. The molecule has 0 saturated carbocycles. The summed E-state index contributed by atoms with van der Waals surface area (Å²) in [7, 11) is 1.51. The number of nitrogens with zero attached hydrogens (tertiary/aromatic N) is 2. The van der Waals surface area contributed by atoms with E-state index in [0.717, 1.165) is 0 Å². The molecule has 4 N–H and O–H groups in total. The summed E-state index contributed by atoms with van der Waals surface area (Å²) in [6.07, 6.45) is 1.53. The zero-order valence-electron chi connectivity index (χ0n) is 7.65. The van der Waals surface area contributed by atoms with Crippen LogP contribution in [-0.4, -0.2) is 28.6 Å². The van der Waals surface area contributed by atoms with Gasteiger partial charge in [0.2, 0.25) is 0 Å². The van der Waals surface area contributed by atoms with Gasteiger partial charge in [-0.1, -0.05) is 0 Å². The molecule has 0 radical (unpaired) electrons. The molecule has 7 nitrogen and oxygen atoms in total. The largest absolute Gasteiger partial charge is 0.354 e. The summed E-state index contributed by atoms with van der Waals surface area (Å²) in [4.78, 5) is 21.9. The van der Waals surface area contributed by atoms with Gasteiger partial charge in [0.15, 0.2) is 0 Å². The zero-order chi connectivity index (χ0) is 10.6. The van der Waals surface area contributed by atoms with Crippen LogP contribution >= 0.6 is 0 Å². The minimum Gasteiger partial charge on any atom is -0.354 e. The molecule has 7 heteroatoms. The molecule has 0 aromatic carbocycles. The average Bonchev–Trinajstić information content (AvgIpc) is 2.65. The predicted octanol–water partition coefficient (Wildman–Crippen LogP) is -1.77. The van der Waals surface area contributed by atoms with Crippen molar-refractivity contribution < 1.29 is 9.59 Å². The van der Waals surface area contributed by atoms with Crippen molar-refractivity contribution in [3.8, 4) is 0 Å². The van der Waals surface area contributed by atoms with Gasteiger partial charge >= 0.3 is 0 Å². The van der Waals surface area contributed by atoms with Gasteiger partial charge in [0.1, 0.15) is 12.2 Å². The Kier molecular flexibility index (Phi) is 3.19. The Morgan fingerprint density at radius 2 is 2.36 bits per heavy atom. The van der Waals surface area contributed by atoms with E-state index < -0.39 is 0 Å². The van der Waals surface area contributed by atoms with Crippen molar-refractivity contribution in [3.63, 3.8) is 0 Å². The van der Waals surface area contributed by atoms with Crippen LogP contribution in [0.5, 0.6) is 0 Å². The second kappa shape index (κ2) is 4.38. The van der Waals surface area contributed by atoms with Crippen LogP contribution in [0.3, 0.4) is 0 Å². The maximum atomic E-state index is 11.1. The molecule has 0 aliphatic carbocycles. The Balaban J connectivity index is 2.68. The van der Waals surface area contributed by atoms with Crippen LogP contribution in [0.15, 0.2) is 12.3 Å². The quantitative estimate of drug-likeness (QED) is 0.303. The fourth-order valence-corrected chi connectivity index (χ4v) is 0.892. The molecule has 0 spiro atoms. The van der Waals surface area contributed by atoms with E-state index in [9.17, 15) is 9.59 Å². The van der Waals surface area contributed by atoms with E-state index in [2.05, 4.69) is 10.4 Å². The van der Waals surface area contributed by atoms with E-state index in [0.29, 0.717) is 0 Å². The number of hydrogen-bond acceptors (Lipinski definition) is 4. The van der Waals surface area contributed by atoms with Crippen molar-refractivity contribution in [2.75, 3.05) is 7.05 Å². The third kappa shape index (κ3) is 2.30. The van der Waals surface area contributed by atoms with Crippen molar-refractivity contribution in [1.29, 1.82) is 0 Å². The Morgan fingerprint density at radius 3 is 2.93 bits per heavy atom. The van der Waals surface area contributed by atoms with Crippen LogP contribution in [0.1, 0.15) is 10.5 Å². The molecule has 0 atom stereocenters. The van der Waals surface area contributed by atoms with Crippen LogP contribution in [0, 0.1) is 0 Å². The van der Waals surface area contributed by atoms with Crippen LogP contribution in [-0.2, 0) is 11.3 Å². The monoisotopic (exact) mass is 197 g/mol. The summed E-state index contributed by atoms with van der Waals surface area (Å²) in [6.45, 7) is -0.00645. The van der Waals surface area contributed by atoms with Gasteiger partial charge in [0, 0.05) is 13.2 Å². The molecule has 76 valence electrons. The maximum absolute atomic E-state index is 11.1. The van der Waals surface area contributed by atoms with Crippen LogP contribution < -0.4 is 16.6 Å². The van der Waals surface area contributed by atoms with Gasteiger partial charge in [0.05, 0.1) is 0 Å². The van der Waals surface area contributed by atoms with Crippen LogP contribution in [0.4, 0.5) is 0 Å². The van der Waals surface area contributed by atoms with E-state index in [4.69, 9.17) is 5.84 Å². The molecule has 1 rings (SSSR count). The van der Waals surface area contributed by atoms with Crippen molar-refractivity contribution >= 4 is 11.8 Å². The molecule has 1 heterocycles. The second-order valence-corrected chi connectivity index (χ2v) is 2.55. The number of aromatic nitrogens is 2. The number of rotatable bonds is 3. The highest BCUT2D eigenvalue weighted by Gasteiger charge is 2.08. The Labute approximate surface area is 80.2 Å². The highest BCUT2D eigenvalue weighted by Crippen LogP contribution is 1.94. The molecule has 0 aliphatic heterocycles. The van der Waals surface area contributed by atoms with Crippen molar-refractivity contribution in [2.24, 2.45) is 5.84 Å². The lowest BCUT2D eigenvalue weighted by molar-refractivity contribution is -0.121. The third-order valence-electron chi connectivity index (χ3n) is 1.57. The van der Waals surface area contributed by atoms with Gasteiger partial charge in [-0.3, -0.25) is 19.7 Å². The summed E-state index contributed by atoms with van der Waals surface area (Å²) in [5, 5.41) is 6.28. The van der Waals surface area contributed by atoms with E-state index in [1.165, 1.54) is 24.0 Å². The third-order valence-corrected chi connectivity index (χ3v) is 1.57. The molecule has 0 bridgehead atoms. The van der Waals surface area contributed by atoms with Crippen molar-refractivity contribution in [1.82, 2.24) is 20.5 Å². The number of hydrazine groups is 1. The van der Waals surface area contributed by atoms with Gasteiger partial charge in [-0.15, -0.1) is 0 Å². The fraction of sp³-hybridized carbons (Fsp3) is 0.286. The molecule has 0 unspecified atom stereocenters. The molecule has 14 heavy (non-hydrogen) atoms. The molecule has 0 saturated heterocycles. The lowest BCUT2D eigenvalue weighted by Crippen LogP contribution is -2.33. The van der Waals surface area contributed by atoms with Gasteiger partial charge in [-0.25, -0.2) is 5.84 Å². The molecular formula is C7H11N5O2. The Morgan fingerprint density at radius 1 is 1.64 bits per heavy atom. The summed E-state index contributed by atoms with van der Waals surface area (Å²) >= 11 is 0. The Hall–Kier alpha value is -1.89. The number of nitrogens with one attached hydrogen (secondary N) is 2. The van der Waals surface area contributed by atoms with Crippen LogP contribution in [0.25, 0.3) is 0 Å². The van der Waals surface area contributed by atoms with Crippen LogP contribution in [0.2, 0.25) is 0 Å². The molecular weight excluding hydrogens is 186 g/mol. The van der Waals surface area contributed by atoms with E-state index in [1.807, 2.05) is 5.43 Å². The van der Waals surface area contributed by atoms with Gasteiger partial charge in [-0.2, -0.15) is 5.10 Å².